The number of cyclic esters (lactones) is 1. The Bertz CT molecular complexity index is 961. The minimum atomic E-state index is -0.713. The molecule has 0 bridgehead atoms. The number of ketones is 2. The highest BCUT2D eigenvalue weighted by molar-refractivity contribution is 6.48. The predicted octanol–water partition coefficient (Wildman–Crippen LogP) is 0.885. The molecule has 3 heterocycles. The Balaban J connectivity index is 1.69. The minimum Gasteiger partial charge on any atom is -0.492 e. The smallest absolute Gasteiger partial charge is 0.329 e. The Kier molecular flexibility index (Phi) is 3.30. The molecular formula is C19H15NO7. The highest BCUT2D eigenvalue weighted by atomic mass is 16.7. The fourth-order valence-electron chi connectivity index (χ4n) is 3.99. The average Bonchev–Trinajstić information content (AvgIpc) is 3.26. The summed E-state index contributed by atoms with van der Waals surface area (Å²) in [4.78, 5) is 38.3. The molecule has 138 valence electrons. The Morgan fingerprint density at radius 1 is 1.07 bits per heavy atom. The number of Topliss-reactive ketones (excluding diaryl/α,β-unsaturated/α-hetero) is 1. The number of rotatable bonds is 2. The summed E-state index contributed by atoms with van der Waals surface area (Å²) >= 11 is 0. The summed E-state index contributed by atoms with van der Waals surface area (Å²) in [5.41, 5.74) is 2.08. The number of nitrogens with zero attached hydrogens (tertiary/aromatic N) is 1. The van der Waals surface area contributed by atoms with Gasteiger partial charge in [0.1, 0.15) is 6.04 Å². The van der Waals surface area contributed by atoms with E-state index in [9.17, 15) is 14.4 Å². The molecule has 0 saturated carbocycles. The number of allylic oxidation sites excluding steroid dienone is 3. The van der Waals surface area contributed by atoms with E-state index in [0.717, 1.165) is 11.3 Å². The van der Waals surface area contributed by atoms with Gasteiger partial charge in [0.2, 0.25) is 12.6 Å². The summed E-state index contributed by atoms with van der Waals surface area (Å²) in [6.07, 6.45) is 3.35. The van der Waals surface area contributed by atoms with E-state index in [1.165, 1.54) is 19.3 Å². The summed E-state index contributed by atoms with van der Waals surface area (Å²) in [5.74, 6) is -0.685. The molecule has 8 heteroatoms. The zero-order chi connectivity index (χ0) is 18.7. The van der Waals surface area contributed by atoms with Crippen molar-refractivity contribution < 1.29 is 33.3 Å². The van der Waals surface area contributed by atoms with E-state index in [1.807, 2.05) is 6.07 Å². The van der Waals surface area contributed by atoms with Gasteiger partial charge in [0, 0.05) is 35.5 Å². The van der Waals surface area contributed by atoms with Gasteiger partial charge in [0.15, 0.2) is 17.3 Å². The number of carbonyl (C=O) groups excluding carboxylic acids is 3. The molecule has 8 nitrogen and oxygen atoms in total. The summed E-state index contributed by atoms with van der Waals surface area (Å²) in [5, 5.41) is 0. The molecule has 2 atom stereocenters. The topological polar surface area (TPSA) is 91.4 Å². The third-order valence-electron chi connectivity index (χ3n) is 5.22. The largest absolute Gasteiger partial charge is 0.492 e. The zero-order valence-electron chi connectivity index (χ0n) is 14.4. The average molecular weight is 369 g/mol. The van der Waals surface area contributed by atoms with Crippen LogP contribution in [0.3, 0.4) is 0 Å². The normalized spacial score (nSPS) is 25.5. The zero-order valence-corrected chi connectivity index (χ0v) is 14.4. The van der Waals surface area contributed by atoms with Crippen LogP contribution in [0.25, 0.3) is 0 Å². The van der Waals surface area contributed by atoms with Crippen molar-refractivity contribution in [2.24, 2.45) is 5.92 Å². The van der Waals surface area contributed by atoms with Crippen molar-refractivity contribution in [2.45, 2.75) is 12.5 Å². The fraction of sp³-hybridized carbons (Fsp3) is 0.316. The highest BCUT2D eigenvalue weighted by Crippen LogP contribution is 2.46. The second kappa shape index (κ2) is 5.60. The summed E-state index contributed by atoms with van der Waals surface area (Å²) in [6, 6.07) is 3.10. The Morgan fingerprint density at radius 2 is 1.85 bits per heavy atom. The van der Waals surface area contributed by atoms with Gasteiger partial charge in [-0.2, -0.15) is 0 Å². The third-order valence-corrected chi connectivity index (χ3v) is 5.22. The van der Waals surface area contributed by atoms with E-state index in [-0.39, 0.29) is 24.4 Å². The van der Waals surface area contributed by atoms with Crippen molar-refractivity contribution in [2.75, 3.05) is 25.4 Å². The molecule has 0 aromatic heterocycles. The molecule has 0 N–H and O–H groups in total. The lowest BCUT2D eigenvalue weighted by Crippen LogP contribution is -2.47. The summed E-state index contributed by atoms with van der Waals surface area (Å²) in [7, 11) is 1.33. The Morgan fingerprint density at radius 3 is 2.63 bits per heavy atom. The van der Waals surface area contributed by atoms with Gasteiger partial charge in [-0.25, -0.2) is 4.79 Å². The number of hydrogen-bond donors (Lipinski definition) is 0. The first-order valence-electron chi connectivity index (χ1n) is 8.51. The quantitative estimate of drug-likeness (QED) is 0.431. The standard InChI is InChI=1S/C19H15NO7/c1-24-16-5-11(4-13(21)18(16)22)20-12-6-15-14(26-8-27-15)3-9(12)2-10-7-25-19(23)17(10)20/h3-6,10,17H,2,7-8H2,1H3/t10-,17?/m0/s1. The number of benzene rings is 1. The van der Waals surface area contributed by atoms with E-state index in [0.29, 0.717) is 30.2 Å². The van der Waals surface area contributed by atoms with Crippen LogP contribution in [-0.2, 0) is 30.3 Å². The van der Waals surface area contributed by atoms with Crippen molar-refractivity contribution in [1.29, 1.82) is 0 Å². The molecule has 0 spiro atoms. The van der Waals surface area contributed by atoms with Gasteiger partial charge in [-0.15, -0.1) is 0 Å². The van der Waals surface area contributed by atoms with Crippen LogP contribution < -0.4 is 14.4 Å². The maximum atomic E-state index is 12.5. The van der Waals surface area contributed by atoms with Crippen molar-refractivity contribution in [3.8, 4) is 11.5 Å². The lowest BCUT2D eigenvalue weighted by molar-refractivity contribution is -0.139. The Hall–Kier alpha value is -3.29. The number of fused-ring (bicyclic) bond motifs is 3. The first kappa shape index (κ1) is 15.9. The van der Waals surface area contributed by atoms with Crippen LogP contribution >= 0.6 is 0 Å². The van der Waals surface area contributed by atoms with Gasteiger partial charge >= 0.3 is 5.97 Å². The van der Waals surface area contributed by atoms with Crippen LogP contribution in [-0.4, -0.2) is 44.1 Å². The summed E-state index contributed by atoms with van der Waals surface area (Å²) < 4.78 is 21.3. The molecule has 3 aliphatic heterocycles. The lowest BCUT2D eigenvalue weighted by atomic mass is 9.86. The molecule has 1 aromatic carbocycles. The number of esters is 1. The molecule has 1 saturated heterocycles. The molecule has 0 radical (unpaired) electrons. The lowest BCUT2D eigenvalue weighted by Gasteiger charge is -2.39. The van der Waals surface area contributed by atoms with Gasteiger partial charge in [-0.3, -0.25) is 9.59 Å². The van der Waals surface area contributed by atoms with E-state index in [4.69, 9.17) is 18.9 Å². The molecule has 4 aliphatic rings. The SMILES string of the molecule is COC1=CC(N2c3cc4c(cc3C[C@H]3COC(=O)C32)OCO4)=CC(=O)C1=O. The minimum absolute atomic E-state index is 0.0618. The van der Waals surface area contributed by atoms with Gasteiger partial charge in [-0.1, -0.05) is 0 Å². The van der Waals surface area contributed by atoms with E-state index in [2.05, 4.69) is 0 Å². The van der Waals surface area contributed by atoms with Gasteiger partial charge in [0.05, 0.1) is 13.7 Å². The number of ether oxygens (including phenoxy) is 4. The maximum Gasteiger partial charge on any atom is 0.329 e. The van der Waals surface area contributed by atoms with Crippen LogP contribution in [0.5, 0.6) is 11.5 Å². The second-order valence-electron chi connectivity index (χ2n) is 6.72. The molecule has 1 aromatic rings. The fourth-order valence-corrected chi connectivity index (χ4v) is 3.99. The van der Waals surface area contributed by atoms with E-state index < -0.39 is 17.6 Å². The number of anilines is 1. The van der Waals surface area contributed by atoms with Crippen molar-refractivity contribution in [1.82, 2.24) is 0 Å². The highest BCUT2D eigenvalue weighted by Gasteiger charge is 2.47. The van der Waals surface area contributed by atoms with Crippen LogP contribution in [0, 0.1) is 5.92 Å². The van der Waals surface area contributed by atoms with Crippen molar-refractivity contribution >= 4 is 23.2 Å². The van der Waals surface area contributed by atoms with Gasteiger partial charge < -0.3 is 23.8 Å². The van der Waals surface area contributed by atoms with Crippen molar-refractivity contribution in [3.05, 3.63) is 41.3 Å². The van der Waals surface area contributed by atoms with Crippen LogP contribution in [0.1, 0.15) is 5.56 Å². The first-order chi connectivity index (χ1) is 13.1. The number of hydrogen-bond acceptors (Lipinski definition) is 8. The first-order valence-corrected chi connectivity index (χ1v) is 8.51. The van der Waals surface area contributed by atoms with Crippen LogP contribution in [0.4, 0.5) is 5.69 Å². The van der Waals surface area contributed by atoms with Crippen LogP contribution in [0.2, 0.25) is 0 Å². The molecule has 27 heavy (non-hydrogen) atoms. The van der Waals surface area contributed by atoms with Gasteiger partial charge in [-0.05, 0) is 18.1 Å². The second-order valence-corrected chi connectivity index (χ2v) is 6.72. The molecule has 1 aliphatic carbocycles. The predicted molar refractivity (Wildman–Crippen MR) is 90.2 cm³/mol. The molecular weight excluding hydrogens is 354 g/mol. The van der Waals surface area contributed by atoms with Gasteiger partial charge in [0.25, 0.3) is 5.78 Å². The molecule has 5 rings (SSSR count). The van der Waals surface area contributed by atoms with Crippen LogP contribution in [0.15, 0.2) is 35.7 Å². The number of carbonyl (C=O) groups is 3. The monoisotopic (exact) mass is 369 g/mol. The molecule has 1 fully saturated rings. The molecule has 0 amide bonds. The van der Waals surface area contributed by atoms with E-state index in [1.54, 1.807) is 11.0 Å². The third kappa shape index (κ3) is 2.26. The van der Waals surface area contributed by atoms with E-state index >= 15 is 0 Å². The summed E-state index contributed by atoms with van der Waals surface area (Å²) in [6.45, 7) is 0.436. The molecule has 1 unspecified atom stereocenters. The Labute approximate surface area is 153 Å². The number of methoxy groups -OCH3 is 1. The van der Waals surface area contributed by atoms with Crippen molar-refractivity contribution in [3.63, 3.8) is 0 Å². The maximum absolute atomic E-state index is 12.5.